The van der Waals surface area contributed by atoms with Crippen LogP contribution in [0.2, 0.25) is 0 Å². The molecule has 0 bridgehead atoms. The molecule has 3 N–H and O–H groups in total. The summed E-state index contributed by atoms with van der Waals surface area (Å²) in [7, 11) is 0. The highest BCUT2D eigenvalue weighted by atomic mass is 15.0. The van der Waals surface area contributed by atoms with Gasteiger partial charge in [-0.2, -0.15) is 0 Å². The summed E-state index contributed by atoms with van der Waals surface area (Å²) in [6, 6.07) is 8.38. The molecule has 0 aliphatic heterocycles. The van der Waals surface area contributed by atoms with Crippen LogP contribution in [0.1, 0.15) is 19.3 Å². The van der Waals surface area contributed by atoms with E-state index in [2.05, 4.69) is 15.3 Å². The summed E-state index contributed by atoms with van der Waals surface area (Å²) in [4.78, 5) is 9.01. The van der Waals surface area contributed by atoms with Crippen LogP contribution in [0.4, 0.5) is 5.82 Å². The average Bonchev–Trinajstić information content (AvgIpc) is 2.86. The molecule has 3 rings (SSSR count). The Morgan fingerprint density at radius 2 is 2.06 bits per heavy atom. The van der Waals surface area contributed by atoms with Gasteiger partial charge in [-0.15, -0.1) is 0 Å². The van der Waals surface area contributed by atoms with E-state index in [0.29, 0.717) is 12.0 Å². The third-order valence-corrected chi connectivity index (χ3v) is 3.74. The maximum Gasteiger partial charge on any atom is 0.145 e. The van der Waals surface area contributed by atoms with E-state index < -0.39 is 0 Å². The van der Waals surface area contributed by atoms with E-state index >= 15 is 0 Å². The Kier molecular flexibility index (Phi) is 3.11. The molecule has 0 radical (unpaired) electrons. The number of fused-ring (bicyclic) bond motifs is 1. The summed E-state index contributed by atoms with van der Waals surface area (Å²) in [6.45, 7) is 0.749. The van der Waals surface area contributed by atoms with Crippen LogP contribution in [0.15, 0.2) is 30.5 Å². The molecule has 4 nitrogen and oxygen atoms in total. The Morgan fingerprint density at radius 3 is 2.89 bits per heavy atom. The van der Waals surface area contributed by atoms with E-state index in [1.54, 1.807) is 0 Å². The van der Waals surface area contributed by atoms with Crippen LogP contribution in [-0.4, -0.2) is 22.6 Å². The van der Waals surface area contributed by atoms with Crippen molar-refractivity contribution in [2.75, 3.05) is 11.9 Å². The summed E-state index contributed by atoms with van der Waals surface area (Å²) in [5.74, 6) is 1.43. The minimum atomic E-state index is 0.450. The first-order valence-electron chi connectivity index (χ1n) is 6.55. The Morgan fingerprint density at radius 1 is 1.22 bits per heavy atom. The number of rotatable bonds is 3. The van der Waals surface area contributed by atoms with Gasteiger partial charge in [0.25, 0.3) is 0 Å². The molecule has 0 saturated heterocycles. The molecule has 2 atom stereocenters. The molecule has 4 heteroatoms. The molecule has 0 amide bonds. The van der Waals surface area contributed by atoms with Crippen LogP contribution in [0.25, 0.3) is 11.0 Å². The van der Waals surface area contributed by atoms with E-state index in [4.69, 9.17) is 5.73 Å². The summed E-state index contributed by atoms with van der Waals surface area (Å²) in [6.07, 6.45) is 5.46. The zero-order valence-electron chi connectivity index (χ0n) is 10.3. The quantitative estimate of drug-likeness (QED) is 0.865. The maximum absolute atomic E-state index is 5.79. The molecule has 1 saturated carbocycles. The smallest absolute Gasteiger partial charge is 0.145 e. The van der Waals surface area contributed by atoms with E-state index in [9.17, 15) is 0 Å². The molecular weight excluding hydrogens is 224 g/mol. The zero-order valence-corrected chi connectivity index (χ0v) is 10.3. The standard InChI is InChI=1S/C14H18N4/c15-8-10-4-3-7-11(10)17-14-9-16-12-5-1-2-6-13(12)18-14/h1-2,5-6,9-11H,3-4,7-8,15H2,(H,17,18). The predicted octanol–water partition coefficient (Wildman–Crippen LogP) is 2.17. The normalized spacial score (nSPS) is 23.4. The molecule has 2 aromatic rings. The van der Waals surface area contributed by atoms with Crippen molar-refractivity contribution in [3.63, 3.8) is 0 Å². The number of nitrogens with two attached hydrogens (primary N) is 1. The highest BCUT2D eigenvalue weighted by molar-refractivity contribution is 5.75. The maximum atomic E-state index is 5.79. The first-order valence-corrected chi connectivity index (χ1v) is 6.55. The largest absolute Gasteiger partial charge is 0.366 e. The SMILES string of the molecule is NCC1CCCC1Nc1cnc2ccccc2n1. The number of para-hydroxylation sites is 2. The Bertz CT molecular complexity index is 540. The number of nitrogens with zero attached hydrogens (tertiary/aromatic N) is 2. The average molecular weight is 242 g/mol. The second-order valence-electron chi connectivity index (χ2n) is 4.92. The number of nitrogens with one attached hydrogen (secondary N) is 1. The molecule has 18 heavy (non-hydrogen) atoms. The van der Waals surface area contributed by atoms with E-state index in [0.717, 1.165) is 23.4 Å². The van der Waals surface area contributed by atoms with Crippen molar-refractivity contribution in [1.82, 2.24) is 9.97 Å². The van der Waals surface area contributed by atoms with Crippen molar-refractivity contribution in [1.29, 1.82) is 0 Å². The minimum absolute atomic E-state index is 0.450. The summed E-state index contributed by atoms with van der Waals surface area (Å²) >= 11 is 0. The Hall–Kier alpha value is -1.68. The third-order valence-electron chi connectivity index (χ3n) is 3.74. The van der Waals surface area contributed by atoms with Crippen LogP contribution in [-0.2, 0) is 0 Å². The van der Waals surface area contributed by atoms with Crippen molar-refractivity contribution in [3.8, 4) is 0 Å². The number of benzene rings is 1. The summed E-state index contributed by atoms with van der Waals surface area (Å²) in [5, 5.41) is 3.48. The van der Waals surface area contributed by atoms with Crippen molar-refractivity contribution in [2.45, 2.75) is 25.3 Å². The Labute approximate surface area is 107 Å². The second kappa shape index (κ2) is 4.90. The number of hydrogen-bond acceptors (Lipinski definition) is 4. The third kappa shape index (κ3) is 2.16. The van der Waals surface area contributed by atoms with Gasteiger partial charge in [0, 0.05) is 6.04 Å². The monoisotopic (exact) mass is 242 g/mol. The van der Waals surface area contributed by atoms with Gasteiger partial charge in [-0.25, -0.2) is 4.98 Å². The van der Waals surface area contributed by atoms with Crippen LogP contribution >= 0.6 is 0 Å². The van der Waals surface area contributed by atoms with Crippen LogP contribution in [0.3, 0.4) is 0 Å². The molecule has 94 valence electrons. The van der Waals surface area contributed by atoms with Crippen molar-refractivity contribution in [2.24, 2.45) is 11.7 Å². The minimum Gasteiger partial charge on any atom is -0.366 e. The van der Waals surface area contributed by atoms with Gasteiger partial charge in [0.1, 0.15) is 5.82 Å². The number of hydrogen-bond donors (Lipinski definition) is 2. The summed E-state index contributed by atoms with van der Waals surface area (Å²) in [5.41, 5.74) is 7.66. The highest BCUT2D eigenvalue weighted by Gasteiger charge is 2.26. The lowest BCUT2D eigenvalue weighted by Crippen LogP contribution is -2.29. The molecular formula is C14H18N4. The lowest BCUT2D eigenvalue weighted by molar-refractivity contribution is 0.515. The van der Waals surface area contributed by atoms with Crippen molar-refractivity contribution < 1.29 is 0 Å². The van der Waals surface area contributed by atoms with E-state index in [-0.39, 0.29) is 0 Å². The van der Waals surface area contributed by atoms with Gasteiger partial charge in [0.2, 0.25) is 0 Å². The topological polar surface area (TPSA) is 63.8 Å². The molecule has 1 heterocycles. The predicted molar refractivity (Wildman–Crippen MR) is 73.3 cm³/mol. The van der Waals surface area contributed by atoms with E-state index in [1.807, 2.05) is 30.5 Å². The fourth-order valence-corrected chi connectivity index (χ4v) is 2.73. The first-order chi connectivity index (χ1) is 8.86. The number of anilines is 1. The molecule has 2 unspecified atom stereocenters. The van der Waals surface area contributed by atoms with Crippen molar-refractivity contribution >= 4 is 16.9 Å². The second-order valence-corrected chi connectivity index (χ2v) is 4.92. The van der Waals surface area contributed by atoms with Crippen LogP contribution in [0, 0.1) is 5.92 Å². The fourth-order valence-electron chi connectivity index (χ4n) is 2.73. The molecule has 1 fully saturated rings. The van der Waals surface area contributed by atoms with Crippen molar-refractivity contribution in [3.05, 3.63) is 30.5 Å². The van der Waals surface area contributed by atoms with Gasteiger partial charge in [0.15, 0.2) is 0 Å². The first kappa shape index (κ1) is 11.4. The summed E-state index contributed by atoms with van der Waals surface area (Å²) < 4.78 is 0. The highest BCUT2D eigenvalue weighted by Crippen LogP contribution is 2.27. The van der Waals surface area contributed by atoms with Gasteiger partial charge >= 0.3 is 0 Å². The lowest BCUT2D eigenvalue weighted by atomic mass is 10.0. The number of aromatic nitrogens is 2. The van der Waals surface area contributed by atoms with Gasteiger partial charge < -0.3 is 11.1 Å². The molecule has 1 aromatic carbocycles. The Balaban J connectivity index is 1.82. The van der Waals surface area contributed by atoms with Gasteiger partial charge in [0.05, 0.1) is 17.2 Å². The van der Waals surface area contributed by atoms with Crippen LogP contribution < -0.4 is 11.1 Å². The fraction of sp³-hybridized carbons (Fsp3) is 0.429. The molecule has 1 aromatic heterocycles. The molecule has 1 aliphatic carbocycles. The molecule has 1 aliphatic rings. The van der Waals surface area contributed by atoms with E-state index in [1.165, 1.54) is 19.3 Å². The van der Waals surface area contributed by atoms with Gasteiger partial charge in [-0.3, -0.25) is 4.98 Å². The molecule has 0 spiro atoms. The zero-order chi connectivity index (χ0) is 12.4. The van der Waals surface area contributed by atoms with Gasteiger partial charge in [-0.05, 0) is 37.4 Å². The van der Waals surface area contributed by atoms with Gasteiger partial charge in [-0.1, -0.05) is 18.6 Å². The van der Waals surface area contributed by atoms with Crippen LogP contribution in [0.5, 0.6) is 0 Å². The lowest BCUT2D eigenvalue weighted by Gasteiger charge is -2.19.